The summed E-state index contributed by atoms with van der Waals surface area (Å²) in [6, 6.07) is 9.74. The van der Waals surface area contributed by atoms with Crippen molar-refractivity contribution in [1.29, 1.82) is 0 Å². The minimum atomic E-state index is -0.184. The predicted molar refractivity (Wildman–Crippen MR) is 86.3 cm³/mol. The first-order valence-corrected chi connectivity index (χ1v) is 8.50. The zero-order chi connectivity index (χ0) is 15.5. The van der Waals surface area contributed by atoms with Gasteiger partial charge in [-0.1, -0.05) is 6.07 Å². The number of amides is 1. The molecule has 1 atom stereocenters. The Morgan fingerprint density at radius 2 is 2.23 bits per heavy atom. The maximum Gasteiger partial charge on any atom is 0.254 e. The van der Waals surface area contributed by atoms with Crippen molar-refractivity contribution in [2.24, 2.45) is 0 Å². The van der Waals surface area contributed by atoms with Gasteiger partial charge in [0.1, 0.15) is 11.9 Å². The van der Waals surface area contributed by atoms with Crippen molar-refractivity contribution in [1.82, 2.24) is 4.90 Å². The third-order valence-electron chi connectivity index (χ3n) is 3.89. The van der Waals surface area contributed by atoms with E-state index in [1.165, 1.54) is 0 Å². The van der Waals surface area contributed by atoms with E-state index < -0.39 is 0 Å². The molecule has 0 N–H and O–H groups in total. The molecule has 2 aromatic rings. The van der Waals surface area contributed by atoms with Crippen LogP contribution in [0.15, 0.2) is 45.9 Å². The zero-order valence-electron chi connectivity index (χ0n) is 12.7. The third-order valence-corrected chi connectivity index (χ3v) is 4.61. The van der Waals surface area contributed by atoms with Crippen LogP contribution >= 0.6 is 11.8 Å². The van der Waals surface area contributed by atoms with Gasteiger partial charge in [-0.05, 0) is 43.0 Å². The van der Waals surface area contributed by atoms with Crippen LogP contribution in [0.25, 0.3) is 0 Å². The van der Waals surface area contributed by atoms with Crippen LogP contribution in [-0.2, 0) is 4.74 Å². The van der Waals surface area contributed by atoms with Crippen LogP contribution < -0.4 is 0 Å². The van der Waals surface area contributed by atoms with E-state index in [9.17, 15) is 4.79 Å². The van der Waals surface area contributed by atoms with Crippen molar-refractivity contribution in [3.63, 3.8) is 0 Å². The quantitative estimate of drug-likeness (QED) is 0.812. The second-order valence-electron chi connectivity index (χ2n) is 5.31. The molecule has 3 rings (SSSR count). The fourth-order valence-electron chi connectivity index (χ4n) is 2.61. The fraction of sp³-hybridized carbons (Fsp3) is 0.353. The summed E-state index contributed by atoms with van der Waals surface area (Å²) >= 11 is 1.64. The summed E-state index contributed by atoms with van der Waals surface area (Å²) in [6.07, 6.45) is 3.46. The van der Waals surface area contributed by atoms with Gasteiger partial charge in [-0.3, -0.25) is 4.79 Å². The van der Waals surface area contributed by atoms with Crippen molar-refractivity contribution in [2.75, 3.05) is 26.0 Å². The third kappa shape index (κ3) is 3.05. The van der Waals surface area contributed by atoms with Crippen LogP contribution in [0, 0.1) is 6.92 Å². The van der Waals surface area contributed by atoms with Crippen LogP contribution in [0.4, 0.5) is 0 Å². The summed E-state index contributed by atoms with van der Waals surface area (Å²) in [6.45, 7) is 3.63. The van der Waals surface area contributed by atoms with E-state index in [4.69, 9.17) is 9.15 Å². The predicted octanol–water partition coefficient (Wildman–Crippen LogP) is 3.52. The molecule has 1 aromatic carbocycles. The van der Waals surface area contributed by atoms with E-state index in [0.717, 1.165) is 21.8 Å². The molecule has 1 fully saturated rings. The lowest BCUT2D eigenvalue weighted by molar-refractivity contribution is -0.0321. The van der Waals surface area contributed by atoms with Gasteiger partial charge >= 0.3 is 0 Å². The maximum atomic E-state index is 12.8. The summed E-state index contributed by atoms with van der Waals surface area (Å²) in [5.74, 6) is 0.834. The molecular weight excluding hydrogens is 298 g/mol. The molecule has 2 heterocycles. The monoisotopic (exact) mass is 317 g/mol. The number of carbonyl (C=O) groups is 1. The minimum absolute atomic E-state index is 0.0632. The largest absolute Gasteiger partial charge is 0.467 e. The Hall–Kier alpha value is -1.72. The topological polar surface area (TPSA) is 42.7 Å². The minimum Gasteiger partial charge on any atom is -0.467 e. The smallest absolute Gasteiger partial charge is 0.254 e. The molecule has 4 nitrogen and oxygen atoms in total. The van der Waals surface area contributed by atoms with Gasteiger partial charge in [0.2, 0.25) is 0 Å². The number of furan rings is 1. The number of nitrogens with zero attached hydrogens (tertiary/aromatic N) is 1. The molecule has 22 heavy (non-hydrogen) atoms. The normalized spacial score (nSPS) is 18.5. The SMILES string of the molecule is CSc1ccc(C)c(C(=O)N2CCOC(c3ccco3)C2)c1. The number of ether oxygens (including phenoxy) is 1. The molecule has 0 spiro atoms. The van der Waals surface area contributed by atoms with Gasteiger partial charge in [-0.25, -0.2) is 0 Å². The lowest BCUT2D eigenvalue weighted by atomic mass is 10.1. The Balaban J connectivity index is 1.80. The van der Waals surface area contributed by atoms with Crippen LogP contribution in [0.5, 0.6) is 0 Å². The molecule has 0 bridgehead atoms. The summed E-state index contributed by atoms with van der Waals surface area (Å²) < 4.78 is 11.1. The number of thioether (sulfide) groups is 1. The van der Waals surface area contributed by atoms with E-state index in [1.54, 1.807) is 18.0 Å². The van der Waals surface area contributed by atoms with Gasteiger partial charge in [-0.2, -0.15) is 0 Å². The van der Waals surface area contributed by atoms with Crippen molar-refractivity contribution in [3.8, 4) is 0 Å². The van der Waals surface area contributed by atoms with Gasteiger partial charge < -0.3 is 14.1 Å². The van der Waals surface area contributed by atoms with Gasteiger partial charge in [-0.15, -0.1) is 11.8 Å². The molecule has 1 aliphatic rings. The van der Waals surface area contributed by atoms with Crippen LogP contribution in [-0.4, -0.2) is 36.8 Å². The summed E-state index contributed by atoms with van der Waals surface area (Å²) in [5.41, 5.74) is 1.77. The van der Waals surface area contributed by atoms with Crippen molar-refractivity contribution >= 4 is 17.7 Å². The molecule has 0 saturated carbocycles. The summed E-state index contributed by atoms with van der Waals surface area (Å²) in [7, 11) is 0. The van der Waals surface area contributed by atoms with Gasteiger partial charge in [0, 0.05) is 17.0 Å². The molecule has 5 heteroatoms. The molecule has 1 aromatic heterocycles. The Morgan fingerprint density at radius 1 is 1.36 bits per heavy atom. The average molecular weight is 317 g/mol. The highest BCUT2D eigenvalue weighted by atomic mass is 32.2. The molecule has 1 unspecified atom stereocenters. The fourth-order valence-corrected chi connectivity index (χ4v) is 3.05. The summed E-state index contributed by atoms with van der Waals surface area (Å²) in [4.78, 5) is 15.8. The Bertz CT molecular complexity index is 654. The molecule has 0 radical (unpaired) electrons. The number of aryl methyl sites for hydroxylation is 1. The highest BCUT2D eigenvalue weighted by Gasteiger charge is 2.28. The van der Waals surface area contributed by atoms with E-state index in [-0.39, 0.29) is 12.0 Å². The first kappa shape index (κ1) is 15.2. The number of benzene rings is 1. The van der Waals surface area contributed by atoms with Crippen LogP contribution in [0.2, 0.25) is 0 Å². The maximum absolute atomic E-state index is 12.8. The van der Waals surface area contributed by atoms with Crippen LogP contribution in [0.1, 0.15) is 27.8 Å². The number of hydrogen-bond donors (Lipinski definition) is 0. The van der Waals surface area contributed by atoms with E-state index in [2.05, 4.69) is 0 Å². The Labute approximate surface area is 134 Å². The lowest BCUT2D eigenvalue weighted by Crippen LogP contribution is -2.42. The molecule has 1 amide bonds. The Morgan fingerprint density at radius 3 is 2.95 bits per heavy atom. The molecule has 1 saturated heterocycles. The first-order valence-electron chi connectivity index (χ1n) is 7.28. The van der Waals surface area contributed by atoms with Crippen molar-refractivity contribution < 1.29 is 13.9 Å². The number of hydrogen-bond acceptors (Lipinski definition) is 4. The second-order valence-corrected chi connectivity index (χ2v) is 6.19. The number of carbonyl (C=O) groups excluding carboxylic acids is 1. The highest BCUT2D eigenvalue weighted by Crippen LogP contribution is 2.25. The first-order chi connectivity index (χ1) is 10.7. The van der Waals surface area contributed by atoms with Gasteiger partial charge in [0.05, 0.1) is 19.4 Å². The molecule has 116 valence electrons. The molecular formula is C17H19NO3S. The van der Waals surface area contributed by atoms with Gasteiger partial charge in [0.15, 0.2) is 0 Å². The molecule has 0 aliphatic carbocycles. The average Bonchev–Trinajstić information content (AvgIpc) is 3.09. The van der Waals surface area contributed by atoms with Crippen molar-refractivity contribution in [2.45, 2.75) is 17.9 Å². The Kier molecular flexibility index (Phi) is 4.55. The van der Waals surface area contributed by atoms with E-state index in [1.807, 2.05) is 48.4 Å². The summed E-state index contributed by atoms with van der Waals surface area (Å²) in [5, 5.41) is 0. The molecule has 1 aliphatic heterocycles. The lowest BCUT2D eigenvalue weighted by Gasteiger charge is -2.32. The van der Waals surface area contributed by atoms with E-state index in [0.29, 0.717) is 19.7 Å². The van der Waals surface area contributed by atoms with Crippen LogP contribution in [0.3, 0.4) is 0 Å². The number of rotatable bonds is 3. The standard InChI is InChI=1S/C17H19NO3S/c1-12-5-6-13(22-2)10-14(12)17(19)18-7-9-21-16(11-18)15-4-3-8-20-15/h3-6,8,10,16H,7,9,11H2,1-2H3. The second kappa shape index (κ2) is 6.58. The van der Waals surface area contributed by atoms with Gasteiger partial charge in [0.25, 0.3) is 5.91 Å². The number of morpholine rings is 1. The highest BCUT2D eigenvalue weighted by molar-refractivity contribution is 7.98. The van der Waals surface area contributed by atoms with E-state index >= 15 is 0 Å². The van der Waals surface area contributed by atoms with Crippen molar-refractivity contribution in [3.05, 3.63) is 53.5 Å². The zero-order valence-corrected chi connectivity index (χ0v) is 13.6.